The van der Waals surface area contributed by atoms with Crippen molar-refractivity contribution in [2.24, 2.45) is 17.8 Å². The number of hydrogen-bond acceptors (Lipinski definition) is 4. The lowest BCUT2D eigenvalue weighted by Gasteiger charge is -2.56. The third kappa shape index (κ3) is 1.65. The van der Waals surface area contributed by atoms with Gasteiger partial charge in [0.15, 0.2) is 11.5 Å². The fourth-order valence-electron chi connectivity index (χ4n) is 5.24. The van der Waals surface area contributed by atoms with E-state index in [-0.39, 0.29) is 16.9 Å². The standard InChI is InChI=1S/C15H19N3O2/c16-13-12(14(19)20)18-11(7-17-13)15-4-8-1-9(5-15)3-10(2-8)6-15/h7-10H,1-6H2,(H2,16,17)(H,19,20). The third-order valence-electron chi connectivity index (χ3n) is 5.58. The van der Waals surface area contributed by atoms with Gasteiger partial charge in [-0.05, 0) is 56.3 Å². The van der Waals surface area contributed by atoms with Crippen LogP contribution in [0.5, 0.6) is 0 Å². The Bertz CT molecular complexity index is 549. The number of carboxylic acids is 1. The van der Waals surface area contributed by atoms with E-state index in [9.17, 15) is 9.90 Å². The van der Waals surface area contributed by atoms with Crippen molar-refractivity contribution in [1.82, 2.24) is 9.97 Å². The van der Waals surface area contributed by atoms with Crippen LogP contribution in [0.3, 0.4) is 0 Å². The quantitative estimate of drug-likeness (QED) is 0.862. The van der Waals surface area contributed by atoms with Crippen LogP contribution in [0.1, 0.15) is 54.7 Å². The lowest BCUT2D eigenvalue weighted by molar-refractivity contribution is -0.00744. The van der Waals surface area contributed by atoms with Crippen molar-refractivity contribution in [2.45, 2.75) is 43.9 Å². The van der Waals surface area contributed by atoms with E-state index >= 15 is 0 Å². The summed E-state index contributed by atoms with van der Waals surface area (Å²) in [5.41, 5.74) is 6.48. The minimum Gasteiger partial charge on any atom is -0.476 e. The van der Waals surface area contributed by atoms with Crippen molar-refractivity contribution in [3.8, 4) is 0 Å². The number of aromatic carboxylic acids is 1. The zero-order valence-electron chi connectivity index (χ0n) is 11.4. The molecule has 1 aromatic heterocycles. The first-order valence-electron chi connectivity index (χ1n) is 7.42. The van der Waals surface area contributed by atoms with Gasteiger partial charge in [0.2, 0.25) is 0 Å². The molecule has 106 valence electrons. The Morgan fingerprint density at radius 3 is 2.25 bits per heavy atom. The van der Waals surface area contributed by atoms with Crippen LogP contribution in [0, 0.1) is 17.8 Å². The van der Waals surface area contributed by atoms with Crippen LogP contribution in [0.4, 0.5) is 5.82 Å². The number of nitrogens with zero attached hydrogens (tertiary/aromatic N) is 2. The molecule has 1 heterocycles. The highest BCUT2D eigenvalue weighted by Gasteiger charge is 2.52. The molecule has 5 nitrogen and oxygen atoms in total. The summed E-state index contributed by atoms with van der Waals surface area (Å²) in [5.74, 6) is 1.34. The molecule has 20 heavy (non-hydrogen) atoms. The fraction of sp³-hybridized carbons (Fsp3) is 0.667. The van der Waals surface area contributed by atoms with Crippen LogP contribution < -0.4 is 5.73 Å². The summed E-state index contributed by atoms with van der Waals surface area (Å²) in [5, 5.41) is 9.19. The summed E-state index contributed by atoms with van der Waals surface area (Å²) in [7, 11) is 0. The minimum atomic E-state index is -1.08. The van der Waals surface area contributed by atoms with Crippen molar-refractivity contribution in [3.63, 3.8) is 0 Å². The maximum atomic E-state index is 11.2. The molecule has 4 bridgehead atoms. The highest BCUT2D eigenvalue weighted by Crippen LogP contribution is 2.60. The van der Waals surface area contributed by atoms with Crippen molar-refractivity contribution in [2.75, 3.05) is 5.73 Å². The molecule has 5 heteroatoms. The van der Waals surface area contributed by atoms with Gasteiger partial charge < -0.3 is 10.8 Å². The van der Waals surface area contributed by atoms with Crippen LogP contribution >= 0.6 is 0 Å². The number of rotatable bonds is 2. The Balaban J connectivity index is 1.77. The second-order valence-corrected chi connectivity index (χ2v) is 6.99. The molecular formula is C15H19N3O2. The van der Waals surface area contributed by atoms with Crippen LogP contribution in [0.15, 0.2) is 6.20 Å². The zero-order chi connectivity index (χ0) is 13.9. The van der Waals surface area contributed by atoms with Crippen molar-refractivity contribution in [1.29, 1.82) is 0 Å². The average Bonchev–Trinajstić information content (AvgIpc) is 2.37. The van der Waals surface area contributed by atoms with Gasteiger partial charge >= 0.3 is 5.97 Å². The van der Waals surface area contributed by atoms with Gasteiger partial charge in [0, 0.05) is 5.41 Å². The number of anilines is 1. The Labute approximate surface area is 117 Å². The van der Waals surface area contributed by atoms with Gasteiger partial charge in [0.05, 0.1) is 11.9 Å². The smallest absolute Gasteiger partial charge is 0.358 e. The zero-order valence-corrected chi connectivity index (χ0v) is 11.4. The van der Waals surface area contributed by atoms with E-state index in [4.69, 9.17) is 5.73 Å². The molecule has 1 aromatic rings. The molecule has 0 aliphatic heterocycles. The van der Waals surface area contributed by atoms with Gasteiger partial charge in [0.25, 0.3) is 0 Å². The highest BCUT2D eigenvalue weighted by molar-refractivity contribution is 5.90. The maximum Gasteiger partial charge on any atom is 0.358 e. The first-order valence-corrected chi connectivity index (χ1v) is 7.42. The van der Waals surface area contributed by atoms with Gasteiger partial charge in [0.1, 0.15) is 0 Å². The first-order chi connectivity index (χ1) is 9.56. The summed E-state index contributed by atoms with van der Waals surface area (Å²) in [6.07, 6.45) is 9.23. The van der Waals surface area contributed by atoms with E-state index in [0.29, 0.717) is 0 Å². The van der Waals surface area contributed by atoms with Crippen molar-refractivity contribution in [3.05, 3.63) is 17.6 Å². The molecule has 5 rings (SSSR count). The monoisotopic (exact) mass is 273 g/mol. The summed E-state index contributed by atoms with van der Waals surface area (Å²) in [6.45, 7) is 0. The minimum absolute atomic E-state index is 0.0194. The lowest BCUT2D eigenvalue weighted by atomic mass is 9.49. The fourth-order valence-corrected chi connectivity index (χ4v) is 5.24. The highest BCUT2D eigenvalue weighted by atomic mass is 16.4. The first kappa shape index (κ1) is 12.1. The Morgan fingerprint density at radius 2 is 1.75 bits per heavy atom. The van der Waals surface area contributed by atoms with E-state index in [1.165, 1.54) is 19.3 Å². The van der Waals surface area contributed by atoms with Gasteiger partial charge in [-0.3, -0.25) is 0 Å². The van der Waals surface area contributed by atoms with Gasteiger partial charge in [-0.1, -0.05) is 0 Å². The average molecular weight is 273 g/mol. The van der Waals surface area contributed by atoms with E-state index in [2.05, 4.69) is 9.97 Å². The van der Waals surface area contributed by atoms with E-state index < -0.39 is 5.97 Å². The normalized spacial score (nSPS) is 38.1. The molecule has 4 saturated carbocycles. The molecule has 0 radical (unpaired) electrons. The number of carbonyl (C=O) groups is 1. The molecule has 0 spiro atoms. The van der Waals surface area contributed by atoms with Gasteiger partial charge in [-0.25, -0.2) is 14.8 Å². The Morgan fingerprint density at radius 1 is 1.20 bits per heavy atom. The predicted molar refractivity (Wildman–Crippen MR) is 73.3 cm³/mol. The molecular weight excluding hydrogens is 254 g/mol. The number of carboxylic acid groups (broad SMARTS) is 1. The largest absolute Gasteiger partial charge is 0.476 e. The molecule has 0 unspecified atom stereocenters. The lowest BCUT2D eigenvalue weighted by Crippen LogP contribution is -2.49. The summed E-state index contributed by atoms with van der Waals surface area (Å²) in [4.78, 5) is 19.7. The summed E-state index contributed by atoms with van der Waals surface area (Å²) >= 11 is 0. The van der Waals surface area contributed by atoms with Crippen LogP contribution in [0.25, 0.3) is 0 Å². The van der Waals surface area contributed by atoms with Crippen LogP contribution in [-0.2, 0) is 5.41 Å². The van der Waals surface area contributed by atoms with E-state index in [1.54, 1.807) is 6.20 Å². The number of nitrogen functional groups attached to an aromatic ring is 1. The second kappa shape index (κ2) is 3.93. The molecule has 0 aromatic carbocycles. The molecule has 4 aliphatic carbocycles. The summed E-state index contributed by atoms with van der Waals surface area (Å²) in [6, 6.07) is 0. The summed E-state index contributed by atoms with van der Waals surface area (Å²) < 4.78 is 0. The third-order valence-corrected chi connectivity index (χ3v) is 5.58. The van der Waals surface area contributed by atoms with Gasteiger partial charge in [-0.2, -0.15) is 0 Å². The van der Waals surface area contributed by atoms with E-state index in [1.807, 2.05) is 0 Å². The number of hydrogen-bond donors (Lipinski definition) is 2. The van der Waals surface area contributed by atoms with Gasteiger partial charge in [-0.15, -0.1) is 0 Å². The van der Waals surface area contributed by atoms with Crippen LogP contribution in [0.2, 0.25) is 0 Å². The molecule has 0 atom stereocenters. The Hall–Kier alpha value is -1.65. The molecule has 3 N–H and O–H groups in total. The maximum absolute atomic E-state index is 11.2. The second-order valence-electron chi connectivity index (χ2n) is 6.99. The SMILES string of the molecule is Nc1ncc(C23CC4CC(CC(C4)C2)C3)nc1C(=O)O. The predicted octanol–water partition coefficient (Wildman–Crippen LogP) is 2.22. The van der Waals surface area contributed by atoms with E-state index in [0.717, 1.165) is 42.7 Å². The van der Waals surface area contributed by atoms with Crippen molar-refractivity contribution < 1.29 is 9.90 Å². The molecule has 0 saturated heterocycles. The molecule has 4 fully saturated rings. The van der Waals surface area contributed by atoms with Crippen LogP contribution in [-0.4, -0.2) is 21.0 Å². The number of nitrogens with two attached hydrogens (primary N) is 1. The molecule has 4 aliphatic rings. The Kier molecular flexibility index (Phi) is 2.38. The molecule has 0 amide bonds. The number of aromatic nitrogens is 2. The topological polar surface area (TPSA) is 89.1 Å². The van der Waals surface area contributed by atoms with Crippen molar-refractivity contribution >= 4 is 11.8 Å².